The SMILES string of the molecule is N#CC(C#N)=c1c(C#N)c/c(=C(\C#N)c2cc(C(F)(F)F)c(C#N)c(C(F)(F)F)c2)c(F)c1C#N. The fourth-order valence-electron chi connectivity index (χ4n) is 3.06. The number of hydrogen-bond donors (Lipinski definition) is 0. The minimum atomic E-state index is -5.48. The summed E-state index contributed by atoms with van der Waals surface area (Å²) >= 11 is 0. The topological polar surface area (TPSA) is 143 Å². The van der Waals surface area contributed by atoms with E-state index in [0.717, 1.165) is 6.07 Å². The molecule has 0 aromatic heterocycles. The van der Waals surface area contributed by atoms with Crippen molar-refractivity contribution in [1.29, 1.82) is 31.6 Å². The van der Waals surface area contributed by atoms with E-state index in [1.165, 1.54) is 30.3 Å². The molecule has 13 heteroatoms. The Hall–Kier alpha value is -5.37. The summed E-state index contributed by atoms with van der Waals surface area (Å²) in [5, 5.41) is 53.4. The molecule has 0 bridgehead atoms. The zero-order valence-corrected chi connectivity index (χ0v) is 16.6. The summed E-state index contributed by atoms with van der Waals surface area (Å²) in [5.74, 6) is -1.67. The first-order valence-corrected chi connectivity index (χ1v) is 8.65. The molecule has 170 valence electrons. The van der Waals surface area contributed by atoms with E-state index < -0.39 is 73.1 Å². The Morgan fingerprint density at radius 2 is 1.14 bits per heavy atom. The molecule has 0 atom stereocenters. The van der Waals surface area contributed by atoms with E-state index in [2.05, 4.69) is 0 Å². The molecule has 2 aromatic rings. The maximum Gasteiger partial charge on any atom is 0.417 e. The predicted octanol–water partition coefficient (Wildman–Crippen LogP) is 3.40. The van der Waals surface area contributed by atoms with Crippen LogP contribution < -0.4 is 10.4 Å². The van der Waals surface area contributed by atoms with Crippen molar-refractivity contribution >= 4 is 11.1 Å². The Balaban J connectivity index is 3.31. The van der Waals surface area contributed by atoms with Gasteiger partial charge in [0.05, 0.1) is 39.5 Å². The van der Waals surface area contributed by atoms with E-state index in [9.17, 15) is 42.1 Å². The number of hydrogen-bond acceptors (Lipinski definition) is 6. The highest BCUT2D eigenvalue weighted by Crippen LogP contribution is 2.40. The van der Waals surface area contributed by atoms with Crippen LogP contribution in [0.15, 0.2) is 18.2 Å². The van der Waals surface area contributed by atoms with Crippen molar-refractivity contribution < 1.29 is 30.7 Å². The molecule has 0 radical (unpaired) electrons. The Labute approximate surface area is 190 Å². The maximum absolute atomic E-state index is 15.2. The van der Waals surface area contributed by atoms with Gasteiger partial charge in [-0.25, -0.2) is 4.39 Å². The first kappa shape index (κ1) is 25.9. The van der Waals surface area contributed by atoms with E-state index >= 15 is 4.39 Å². The van der Waals surface area contributed by atoms with Crippen molar-refractivity contribution in [3.8, 4) is 36.4 Å². The quantitative estimate of drug-likeness (QED) is 0.568. The van der Waals surface area contributed by atoms with Crippen molar-refractivity contribution in [2.45, 2.75) is 12.4 Å². The molecule has 0 aliphatic carbocycles. The monoisotopic (exact) mass is 484 g/mol. The molecule has 0 amide bonds. The normalized spacial score (nSPS) is 11.6. The fourth-order valence-corrected chi connectivity index (χ4v) is 3.06. The maximum atomic E-state index is 15.2. The Morgan fingerprint density at radius 1 is 0.657 bits per heavy atom. The summed E-state index contributed by atoms with van der Waals surface area (Å²) in [7, 11) is 0. The van der Waals surface area contributed by atoms with Gasteiger partial charge >= 0.3 is 12.4 Å². The molecule has 0 aliphatic rings. The van der Waals surface area contributed by atoms with Gasteiger partial charge in [-0.2, -0.15) is 57.9 Å². The highest BCUT2D eigenvalue weighted by molar-refractivity contribution is 5.80. The third kappa shape index (κ3) is 4.57. The third-order valence-electron chi connectivity index (χ3n) is 4.50. The van der Waals surface area contributed by atoms with Gasteiger partial charge in [0.2, 0.25) is 0 Å². The van der Waals surface area contributed by atoms with Gasteiger partial charge in [-0.15, -0.1) is 0 Å². The second kappa shape index (κ2) is 9.24. The average Bonchev–Trinajstić information content (AvgIpc) is 2.79. The zero-order valence-electron chi connectivity index (χ0n) is 16.6. The third-order valence-corrected chi connectivity index (χ3v) is 4.50. The first-order valence-electron chi connectivity index (χ1n) is 8.65. The van der Waals surface area contributed by atoms with E-state index in [4.69, 9.17) is 15.8 Å². The van der Waals surface area contributed by atoms with Gasteiger partial charge in [0.15, 0.2) is 0 Å². The summed E-state index contributed by atoms with van der Waals surface area (Å²) in [5.41, 5.74) is -10.8. The lowest BCUT2D eigenvalue weighted by atomic mass is 9.92. The van der Waals surface area contributed by atoms with Crippen molar-refractivity contribution in [1.82, 2.24) is 0 Å². The number of nitriles is 6. The van der Waals surface area contributed by atoms with Crippen LogP contribution in [-0.4, -0.2) is 0 Å². The molecule has 0 spiro atoms. The smallest absolute Gasteiger partial charge is 0.205 e. The van der Waals surface area contributed by atoms with Gasteiger partial charge < -0.3 is 0 Å². The van der Waals surface area contributed by atoms with Crippen LogP contribution in [0.2, 0.25) is 0 Å². The number of alkyl halides is 6. The van der Waals surface area contributed by atoms with E-state index in [1.54, 1.807) is 0 Å². The van der Waals surface area contributed by atoms with Crippen LogP contribution in [0.1, 0.15) is 33.4 Å². The molecular weight excluding hydrogens is 481 g/mol. The summed E-state index contributed by atoms with van der Waals surface area (Å²) in [6, 6.07) is 8.03. The lowest BCUT2D eigenvalue weighted by molar-refractivity contribution is -0.143. The van der Waals surface area contributed by atoms with Crippen molar-refractivity contribution in [2.75, 3.05) is 0 Å². The van der Waals surface area contributed by atoms with Crippen LogP contribution in [0.5, 0.6) is 0 Å². The fraction of sp³-hybridized carbons (Fsp3) is 0.0909. The zero-order chi connectivity index (χ0) is 26.7. The predicted molar refractivity (Wildman–Crippen MR) is 99.0 cm³/mol. The van der Waals surface area contributed by atoms with E-state index in [1.807, 2.05) is 0 Å². The Morgan fingerprint density at radius 3 is 1.49 bits per heavy atom. The largest absolute Gasteiger partial charge is 0.417 e. The molecular formula is C22H3F7N6. The van der Waals surface area contributed by atoms with Crippen LogP contribution in [-0.2, 0) is 12.4 Å². The van der Waals surface area contributed by atoms with Gasteiger partial charge in [0.25, 0.3) is 0 Å². The number of rotatable bonds is 1. The van der Waals surface area contributed by atoms with Crippen molar-refractivity contribution in [2.24, 2.45) is 0 Å². The van der Waals surface area contributed by atoms with Crippen molar-refractivity contribution in [3.05, 3.63) is 67.8 Å². The molecule has 0 unspecified atom stereocenters. The average molecular weight is 484 g/mol. The highest BCUT2D eigenvalue weighted by Gasteiger charge is 2.42. The molecule has 0 saturated heterocycles. The molecule has 0 N–H and O–H groups in total. The Bertz CT molecular complexity index is 1590. The van der Waals surface area contributed by atoms with Crippen molar-refractivity contribution in [3.63, 3.8) is 0 Å². The number of benzene rings is 2. The summed E-state index contributed by atoms with van der Waals surface area (Å²) in [6.07, 6.45) is -11.0. The standard InChI is InChI=1S/C22H3F7N6/c23-20-13(1-11(4-30)19(16(20)9-35)12(5-31)6-32)14(7-33)10-2-17(21(24,25)26)15(8-34)18(3-10)22(27,28)29/h1-3H/b14-13-. The van der Waals surface area contributed by atoms with Crippen LogP contribution in [0.4, 0.5) is 30.7 Å². The molecule has 0 heterocycles. The van der Waals surface area contributed by atoms with E-state index in [0.29, 0.717) is 6.07 Å². The second-order valence-corrected chi connectivity index (χ2v) is 6.40. The highest BCUT2D eigenvalue weighted by atomic mass is 19.4. The lowest BCUT2D eigenvalue weighted by Crippen LogP contribution is -2.26. The van der Waals surface area contributed by atoms with Crippen LogP contribution in [0.25, 0.3) is 11.1 Å². The second-order valence-electron chi connectivity index (χ2n) is 6.40. The summed E-state index contributed by atoms with van der Waals surface area (Å²) < 4.78 is 95.9. The molecule has 2 rings (SSSR count). The summed E-state index contributed by atoms with van der Waals surface area (Å²) in [4.78, 5) is 0. The molecule has 0 saturated carbocycles. The molecule has 2 aromatic carbocycles. The van der Waals surface area contributed by atoms with E-state index in [-0.39, 0.29) is 12.1 Å². The minimum Gasteiger partial charge on any atom is -0.205 e. The van der Waals surface area contributed by atoms with Crippen LogP contribution in [0, 0.1) is 73.8 Å². The molecule has 0 fully saturated rings. The number of nitrogens with zero attached hydrogens (tertiary/aromatic N) is 6. The lowest BCUT2D eigenvalue weighted by Gasteiger charge is -2.16. The van der Waals surface area contributed by atoms with Gasteiger partial charge in [0, 0.05) is 10.4 Å². The minimum absolute atomic E-state index is 0.0277. The van der Waals surface area contributed by atoms with Gasteiger partial charge in [-0.3, -0.25) is 0 Å². The molecule has 0 aliphatic heterocycles. The molecule has 6 nitrogen and oxygen atoms in total. The van der Waals surface area contributed by atoms with Gasteiger partial charge in [-0.1, -0.05) is 0 Å². The summed E-state index contributed by atoms with van der Waals surface area (Å²) in [6.45, 7) is 0. The van der Waals surface area contributed by atoms with Crippen LogP contribution in [0.3, 0.4) is 0 Å². The van der Waals surface area contributed by atoms with Crippen LogP contribution >= 0.6 is 0 Å². The van der Waals surface area contributed by atoms with Gasteiger partial charge in [-0.05, 0) is 23.8 Å². The Kier molecular flexibility index (Phi) is 6.84. The number of halogens is 7. The molecule has 35 heavy (non-hydrogen) atoms. The van der Waals surface area contributed by atoms with Gasteiger partial charge in [0.1, 0.15) is 41.7 Å². The first-order chi connectivity index (χ1) is 16.3.